The molecule has 152 valence electrons. The summed E-state index contributed by atoms with van der Waals surface area (Å²) in [5, 5.41) is 2.82. The highest BCUT2D eigenvalue weighted by Crippen LogP contribution is 2.27. The van der Waals surface area contributed by atoms with E-state index in [1.807, 2.05) is 54.6 Å². The number of Topliss-reactive ketones (excluding diaryl/α,β-unsaturated/α-hetero) is 1. The number of hydrogen-bond donors (Lipinski definition) is 1. The maximum absolute atomic E-state index is 12.5. The minimum absolute atomic E-state index is 0.0357. The van der Waals surface area contributed by atoms with Crippen molar-refractivity contribution < 1.29 is 19.1 Å². The van der Waals surface area contributed by atoms with Gasteiger partial charge in [-0.25, -0.2) is 0 Å². The fourth-order valence-electron chi connectivity index (χ4n) is 2.99. The van der Waals surface area contributed by atoms with Gasteiger partial charge in [-0.1, -0.05) is 78.9 Å². The van der Waals surface area contributed by atoms with Crippen molar-refractivity contribution in [3.63, 3.8) is 0 Å². The van der Waals surface area contributed by atoms with E-state index in [-0.39, 0.29) is 18.6 Å². The second-order valence-corrected chi connectivity index (χ2v) is 6.82. The number of para-hydroxylation sites is 1. The molecule has 0 saturated heterocycles. The van der Waals surface area contributed by atoms with Crippen LogP contribution in [-0.2, 0) is 14.3 Å². The van der Waals surface area contributed by atoms with Gasteiger partial charge < -0.3 is 10.1 Å². The summed E-state index contributed by atoms with van der Waals surface area (Å²) in [5.74, 6) is -1.15. The highest BCUT2D eigenvalue weighted by molar-refractivity contribution is 5.99. The van der Waals surface area contributed by atoms with Gasteiger partial charge >= 0.3 is 5.97 Å². The number of ketones is 1. The molecule has 0 fully saturated rings. The van der Waals surface area contributed by atoms with Crippen LogP contribution in [0.25, 0.3) is 11.1 Å². The van der Waals surface area contributed by atoms with Crippen LogP contribution in [0.4, 0.5) is 5.69 Å². The molecule has 30 heavy (non-hydrogen) atoms. The number of ether oxygens (including phenoxy) is 1. The first kappa shape index (κ1) is 21.0. The van der Waals surface area contributed by atoms with E-state index in [1.165, 1.54) is 6.92 Å². The Hall–Kier alpha value is -3.73. The second-order valence-electron chi connectivity index (χ2n) is 6.82. The van der Waals surface area contributed by atoms with E-state index < -0.39 is 18.0 Å². The Labute approximate surface area is 175 Å². The highest BCUT2D eigenvalue weighted by Gasteiger charge is 2.20. The Kier molecular flexibility index (Phi) is 7.11. The fourth-order valence-corrected chi connectivity index (χ4v) is 2.99. The van der Waals surface area contributed by atoms with Crippen LogP contribution in [0.2, 0.25) is 0 Å². The Morgan fingerprint density at radius 3 is 2.10 bits per heavy atom. The molecule has 5 heteroatoms. The molecule has 0 aliphatic heterocycles. The van der Waals surface area contributed by atoms with Gasteiger partial charge in [-0.05, 0) is 18.6 Å². The molecule has 1 atom stereocenters. The average Bonchev–Trinajstić information content (AvgIpc) is 2.79. The summed E-state index contributed by atoms with van der Waals surface area (Å²) in [5.41, 5.74) is 3.03. The van der Waals surface area contributed by atoms with E-state index >= 15 is 0 Å². The van der Waals surface area contributed by atoms with Gasteiger partial charge in [0.05, 0.1) is 6.42 Å². The lowest BCUT2D eigenvalue weighted by atomic mass is 10.0. The summed E-state index contributed by atoms with van der Waals surface area (Å²) in [6.45, 7) is 1.51. The molecular weight excluding hydrogens is 378 g/mol. The predicted molar refractivity (Wildman–Crippen MR) is 116 cm³/mol. The van der Waals surface area contributed by atoms with E-state index in [2.05, 4.69) is 5.32 Å². The lowest BCUT2D eigenvalue weighted by Crippen LogP contribution is -2.30. The number of nitrogens with one attached hydrogen (secondary N) is 1. The molecule has 0 bridgehead atoms. The van der Waals surface area contributed by atoms with Crippen LogP contribution in [0.15, 0.2) is 84.9 Å². The van der Waals surface area contributed by atoms with Gasteiger partial charge in [0.2, 0.25) is 0 Å². The quantitative estimate of drug-likeness (QED) is 0.431. The van der Waals surface area contributed by atoms with E-state index in [4.69, 9.17) is 4.74 Å². The van der Waals surface area contributed by atoms with Crippen molar-refractivity contribution in [2.45, 2.75) is 25.9 Å². The fraction of sp³-hybridized carbons (Fsp3) is 0.160. The van der Waals surface area contributed by atoms with Crippen LogP contribution in [0.5, 0.6) is 0 Å². The summed E-state index contributed by atoms with van der Waals surface area (Å²) in [6, 6.07) is 25.9. The van der Waals surface area contributed by atoms with Gasteiger partial charge in [0.25, 0.3) is 5.91 Å². The standard InChI is InChI=1S/C25H23NO4/c1-18(30-24(28)17-16-23(27)20-12-6-3-7-13-20)25(29)26-22-15-9-8-14-21(22)19-10-4-2-5-11-19/h2-15,18H,16-17H2,1H3,(H,26,29)/t18-/m0/s1. The zero-order chi connectivity index (χ0) is 21.3. The molecule has 0 aromatic heterocycles. The van der Waals surface area contributed by atoms with Crippen molar-refractivity contribution >= 4 is 23.3 Å². The van der Waals surface area contributed by atoms with E-state index in [9.17, 15) is 14.4 Å². The second kappa shape index (κ2) is 10.2. The lowest BCUT2D eigenvalue weighted by Gasteiger charge is -2.16. The number of carbonyl (C=O) groups is 3. The number of carbonyl (C=O) groups excluding carboxylic acids is 3. The molecule has 5 nitrogen and oxygen atoms in total. The van der Waals surface area contributed by atoms with Gasteiger partial charge in [-0.3, -0.25) is 14.4 Å². The Morgan fingerprint density at radius 2 is 1.40 bits per heavy atom. The highest BCUT2D eigenvalue weighted by atomic mass is 16.5. The maximum atomic E-state index is 12.5. The number of rotatable bonds is 8. The first-order valence-electron chi connectivity index (χ1n) is 9.77. The van der Waals surface area contributed by atoms with Gasteiger partial charge in [0, 0.05) is 23.2 Å². The summed E-state index contributed by atoms with van der Waals surface area (Å²) in [7, 11) is 0. The SMILES string of the molecule is C[C@H](OC(=O)CCC(=O)c1ccccc1)C(=O)Nc1ccccc1-c1ccccc1. The molecule has 0 spiro atoms. The van der Waals surface area contributed by atoms with Gasteiger partial charge in [0.15, 0.2) is 11.9 Å². The number of hydrogen-bond acceptors (Lipinski definition) is 4. The van der Waals surface area contributed by atoms with Crippen molar-refractivity contribution in [1.29, 1.82) is 0 Å². The van der Waals surface area contributed by atoms with E-state index in [0.717, 1.165) is 11.1 Å². The van der Waals surface area contributed by atoms with Crippen LogP contribution in [0.3, 0.4) is 0 Å². The zero-order valence-corrected chi connectivity index (χ0v) is 16.7. The molecule has 1 N–H and O–H groups in total. The summed E-state index contributed by atoms with van der Waals surface area (Å²) >= 11 is 0. The first-order valence-corrected chi connectivity index (χ1v) is 9.77. The topological polar surface area (TPSA) is 72.5 Å². The molecule has 3 aromatic carbocycles. The number of benzene rings is 3. The Morgan fingerprint density at radius 1 is 0.800 bits per heavy atom. The van der Waals surface area contributed by atoms with Crippen molar-refractivity contribution in [2.24, 2.45) is 0 Å². The smallest absolute Gasteiger partial charge is 0.307 e. The Bertz CT molecular complexity index is 1020. The summed E-state index contributed by atoms with van der Waals surface area (Å²) < 4.78 is 5.21. The number of esters is 1. The summed E-state index contributed by atoms with van der Waals surface area (Å²) in [6.07, 6.45) is -1.02. The molecule has 3 rings (SSSR count). The lowest BCUT2D eigenvalue weighted by molar-refractivity contribution is -0.153. The van der Waals surface area contributed by atoms with Crippen molar-refractivity contribution in [1.82, 2.24) is 0 Å². The molecule has 0 saturated carbocycles. The van der Waals surface area contributed by atoms with Crippen LogP contribution in [-0.4, -0.2) is 23.8 Å². The third-order valence-corrected chi connectivity index (χ3v) is 4.60. The number of amides is 1. The third-order valence-electron chi connectivity index (χ3n) is 4.60. The predicted octanol–water partition coefficient (Wildman–Crippen LogP) is 4.89. The maximum Gasteiger partial charge on any atom is 0.307 e. The molecule has 0 radical (unpaired) electrons. The van der Waals surface area contributed by atoms with Crippen LogP contribution >= 0.6 is 0 Å². The molecule has 0 aliphatic carbocycles. The van der Waals surface area contributed by atoms with Crippen LogP contribution in [0, 0.1) is 0 Å². The number of anilines is 1. The summed E-state index contributed by atoms with van der Waals surface area (Å²) in [4.78, 5) is 36.7. The molecule has 1 amide bonds. The normalized spacial score (nSPS) is 11.4. The van der Waals surface area contributed by atoms with Gasteiger partial charge in [-0.2, -0.15) is 0 Å². The van der Waals surface area contributed by atoms with Gasteiger partial charge in [0.1, 0.15) is 0 Å². The Balaban J connectivity index is 1.55. The van der Waals surface area contributed by atoms with Crippen molar-refractivity contribution in [3.8, 4) is 11.1 Å². The molecular formula is C25H23NO4. The molecule has 0 unspecified atom stereocenters. The molecule has 0 aliphatic rings. The monoisotopic (exact) mass is 401 g/mol. The molecule has 0 heterocycles. The van der Waals surface area contributed by atoms with Crippen molar-refractivity contribution in [2.75, 3.05) is 5.32 Å². The minimum Gasteiger partial charge on any atom is -0.453 e. The van der Waals surface area contributed by atoms with Crippen LogP contribution < -0.4 is 5.32 Å². The van der Waals surface area contributed by atoms with Crippen molar-refractivity contribution in [3.05, 3.63) is 90.5 Å². The minimum atomic E-state index is -0.979. The van der Waals surface area contributed by atoms with Gasteiger partial charge in [-0.15, -0.1) is 0 Å². The average molecular weight is 401 g/mol. The zero-order valence-electron chi connectivity index (χ0n) is 16.7. The van der Waals surface area contributed by atoms with E-state index in [1.54, 1.807) is 30.3 Å². The largest absolute Gasteiger partial charge is 0.453 e. The molecule has 3 aromatic rings. The third kappa shape index (κ3) is 5.64. The first-order chi connectivity index (χ1) is 14.5. The van der Waals surface area contributed by atoms with Crippen LogP contribution in [0.1, 0.15) is 30.1 Å². The van der Waals surface area contributed by atoms with E-state index in [0.29, 0.717) is 11.3 Å².